The van der Waals surface area contributed by atoms with Crippen molar-refractivity contribution in [3.05, 3.63) is 26.9 Å². The largest absolute Gasteiger partial charge is 0.349 e. The molecule has 3 heterocycles. The van der Waals surface area contributed by atoms with E-state index in [1.54, 1.807) is 4.90 Å². The van der Waals surface area contributed by atoms with Crippen molar-refractivity contribution in [1.82, 2.24) is 14.5 Å². The molecule has 1 aromatic heterocycles. The van der Waals surface area contributed by atoms with Gasteiger partial charge in [0.2, 0.25) is 5.91 Å². The molecule has 1 unspecified atom stereocenters. The molecule has 132 valence electrons. The number of halogens is 2. The molecule has 1 aromatic carbocycles. The van der Waals surface area contributed by atoms with E-state index in [2.05, 4.69) is 10.3 Å². The quantitative estimate of drug-likeness (QED) is 0.757. The number of hydrogen-bond donors (Lipinski definition) is 1. The molecule has 0 radical (unpaired) electrons. The summed E-state index contributed by atoms with van der Waals surface area (Å²) in [5.74, 6) is -0.506. The molecule has 1 fully saturated rings. The predicted molar refractivity (Wildman–Crippen MR) is 93.9 cm³/mol. The molecule has 2 aliphatic heterocycles. The highest BCUT2D eigenvalue weighted by Gasteiger charge is 2.38. The van der Waals surface area contributed by atoms with Crippen LogP contribution in [0.2, 0.25) is 5.02 Å². The lowest BCUT2D eigenvalue weighted by Gasteiger charge is -2.38. The second kappa shape index (κ2) is 5.40. The maximum atomic E-state index is 14.9. The van der Waals surface area contributed by atoms with Crippen LogP contribution in [-0.4, -0.2) is 53.1 Å². The molecule has 0 bridgehead atoms. The number of aryl methyl sites for hydroxylation is 1. The fourth-order valence-corrected chi connectivity index (χ4v) is 3.80. The van der Waals surface area contributed by atoms with Gasteiger partial charge in [0.05, 0.1) is 21.6 Å². The summed E-state index contributed by atoms with van der Waals surface area (Å²) >= 11 is 6.34. The molecule has 0 saturated carbocycles. The lowest BCUT2D eigenvalue weighted by molar-refractivity contribution is -0.118. The SMILES string of the molecule is Cc1c(Cl)c2c3c(nc(=O)n(C)c3c1F)N1CCN(C)CC1C(=O)N2. The highest BCUT2D eigenvalue weighted by atomic mass is 35.5. The number of amides is 1. The van der Waals surface area contributed by atoms with E-state index < -0.39 is 17.5 Å². The van der Waals surface area contributed by atoms with Gasteiger partial charge in [-0.15, -0.1) is 0 Å². The van der Waals surface area contributed by atoms with Crippen LogP contribution in [0.4, 0.5) is 15.9 Å². The summed E-state index contributed by atoms with van der Waals surface area (Å²) in [6.07, 6.45) is 0. The minimum absolute atomic E-state index is 0.103. The van der Waals surface area contributed by atoms with E-state index in [0.717, 1.165) is 4.57 Å². The van der Waals surface area contributed by atoms with Crippen molar-refractivity contribution in [3.63, 3.8) is 0 Å². The lowest BCUT2D eigenvalue weighted by Crippen LogP contribution is -2.56. The maximum absolute atomic E-state index is 14.9. The molecule has 7 nitrogen and oxygen atoms in total. The number of carbonyl (C=O) groups excluding carboxylic acids is 1. The summed E-state index contributed by atoms with van der Waals surface area (Å²) in [6.45, 7) is 3.23. The first-order valence-electron chi connectivity index (χ1n) is 7.95. The molecule has 0 aliphatic carbocycles. The molecule has 1 saturated heterocycles. The van der Waals surface area contributed by atoms with Crippen LogP contribution in [0.1, 0.15) is 5.56 Å². The third-order valence-electron chi connectivity index (χ3n) is 5.03. The van der Waals surface area contributed by atoms with Crippen molar-refractivity contribution in [3.8, 4) is 0 Å². The van der Waals surface area contributed by atoms with Gasteiger partial charge in [-0.25, -0.2) is 9.18 Å². The summed E-state index contributed by atoms with van der Waals surface area (Å²) in [6, 6.07) is -0.520. The van der Waals surface area contributed by atoms with Crippen LogP contribution in [0.15, 0.2) is 4.79 Å². The van der Waals surface area contributed by atoms with E-state index in [0.29, 0.717) is 36.5 Å². The monoisotopic (exact) mass is 365 g/mol. The maximum Gasteiger partial charge on any atom is 0.349 e. The van der Waals surface area contributed by atoms with Crippen LogP contribution < -0.4 is 15.9 Å². The summed E-state index contributed by atoms with van der Waals surface area (Å²) in [5, 5.41) is 3.33. The van der Waals surface area contributed by atoms with Crippen LogP contribution in [0.5, 0.6) is 0 Å². The second-order valence-electron chi connectivity index (χ2n) is 6.59. The zero-order valence-corrected chi connectivity index (χ0v) is 14.8. The Morgan fingerprint density at radius 3 is 2.72 bits per heavy atom. The van der Waals surface area contributed by atoms with E-state index in [1.165, 1.54) is 14.0 Å². The normalized spacial score (nSPS) is 20.4. The minimum atomic E-state index is -0.575. The topological polar surface area (TPSA) is 70.5 Å². The van der Waals surface area contributed by atoms with E-state index in [1.807, 2.05) is 11.9 Å². The number of nitrogens with one attached hydrogen (secondary N) is 1. The average Bonchev–Trinajstić information content (AvgIpc) is 2.69. The third kappa shape index (κ3) is 2.17. The molecular formula is C16H17ClFN5O2. The van der Waals surface area contributed by atoms with Gasteiger partial charge in [-0.3, -0.25) is 9.36 Å². The van der Waals surface area contributed by atoms with Crippen LogP contribution in [0.25, 0.3) is 10.9 Å². The minimum Gasteiger partial charge on any atom is -0.341 e. The number of piperazine rings is 1. The molecule has 4 rings (SSSR count). The van der Waals surface area contributed by atoms with Gasteiger partial charge < -0.3 is 15.1 Å². The highest BCUT2D eigenvalue weighted by molar-refractivity contribution is 6.37. The number of hydrogen-bond acceptors (Lipinski definition) is 5. The zero-order valence-electron chi connectivity index (χ0n) is 14.1. The van der Waals surface area contributed by atoms with Crippen molar-refractivity contribution in [2.45, 2.75) is 13.0 Å². The molecular weight excluding hydrogens is 349 g/mol. The Morgan fingerprint density at radius 2 is 2.00 bits per heavy atom. The molecule has 2 aromatic rings. The first-order chi connectivity index (χ1) is 11.8. The Labute approximate surface area is 148 Å². The Morgan fingerprint density at radius 1 is 1.28 bits per heavy atom. The van der Waals surface area contributed by atoms with Gasteiger partial charge in [-0.1, -0.05) is 11.6 Å². The van der Waals surface area contributed by atoms with Crippen molar-refractivity contribution < 1.29 is 9.18 Å². The van der Waals surface area contributed by atoms with Crippen LogP contribution >= 0.6 is 11.6 Å². The van der Waals surface area contributed by atoms with Gasteiger partial charge in [0, 0.05) is 32.2 Å². The summed E-state index contributed by atoms with van der Waals surface area (Å²) in [4.78, 5) is 33.1. The number of likely N-dealkylation sites (N-methyl/N-ethyl adjacent to an activating group) is 1. The average molecular weight is 366 g/mol. The number of carbonyl (C=O) groups is 1. The highest BCUT2D eigenvalue weighted by Crippen LogP contribution is 2.42. The molecule has 9 heteroatoms. The zero-order chi connectivity index (χ0) is 18.0. The Balaban J connectivity index is 2.15. The van der Waals surface area contributed by atoms with Crippen LogP contribution in [0.3, 0.4) is 0 Å². The van der Waals surface area contributed by atoms with E-state index in [9.17, 15) is 14.0 Å². The van der Waals surface area contributed by atoms with E-state index in [4.69, 9.17) is 11.6 Å². The standard InChI is InChI=1S/C16H17ClFN5O2/c1-7-10(17)12-9-13(11(7)18)22(3)16(25)20-14(9)23-5-4-21(2)6-8(23)15(24)19-12/h8H,4-6H2,1-3H3,(H,19,24). The first kappa shape index (κ1) is 16.3. The fourth-order valence-electron chi connectivity index (χ4n) is 3.58. The van der Waals surface area contributed by atoms with Crippen LogP contribution in [0, 0.1) is 12.7 Å². The predicted octanol–water partition coefficient (Wildman–Crippen LogP) is 1.11. The van der Waals surface area contributed by atoms with Gasteiger partial charge in [-0.05, 0) is 14.0 Å². The number of rotatable bonds is 0. The first-order valence-corrected chi connectivity index (χ1v) is 8.33. The number of anilines is 2. The van der Waals surface area contributed by atoms with E-state index in [-0.39, 0.29) is 22.0 Å². The number of aromatic nitrogens is 2. The number of nitrogens with zero attached hydrogens (tertiary/aromatic N) is 4. The molecule has 2 aliphatic rings. The molecule has 1 atom stereocenters. The number of fused-ring (bicyclic) bond motifs is 2. The molecule has 1 N–H and O–H groups in total. The second-order valence-corrected chi connectivity index (χ2v) is 6.97. The Hall–Kier alpha value is -2.19. The molecule has 25 heavy (non-hydrogen) atoms. The smallest absolute Gasteiger partial charge is 0.341 e. The van der Waals surface area contributed by atoms with Gasteiger partial charge in [0.25, 0.3) is 0 Å². The van der Waals surface area contributed by atoms with Crippen molar-refractivity contribution in [1.29, 1.82) is 0 Å². The summed E-state index contributed by atoms with van der Waals surface area (Å²) in [5.41, 5.74) is 0.0391. The van der Waals surface area contributed by atoms with Crippen LogP contribution in [-0.2, 0) is 11.8 Å². The van der Waals surface area contributed by atoms with Crippen molar-refractivity contribution in [2.75, 3.05) is 36.9 Å². The number of benzene rings is 1. The fraction of sp³-hybridized carbons (Fsp3) is 0.438. The van der Waals surface area contributed by atoms with Crippen molar-refractivity contribution >= 4 is 39.9 Å². The lowest BCUT2D eigenvalue weighted by atomic mass is 10.1. The van der Waals surface area contributed by atoms with Crippen molar-refractivity contribution in [2.24, 2.45) is 7.05 Å². The summed E-state index contributed by atoms with van der Waals surface area (Å²) < 4.78 is 16.1. The van der Waals surface area contributed by atoms with Gasteiger partial charge in [-0.2, -0.15) is 4.98 Å². The Bertz CT molecular complexity index is 989. The molecule has 0 spiro atoms. The van der Waals surface area contributed by atoms with Gasteiger partial charge >= 0.3 is 5.69 Å². The van der Waals surface area contributed by atoms with E-state index >= 15 is 0 Å². The third-order valence-corrected chi connectivity index (χ3v) is 5.50. The van der Waals surface area contributed by atoms with Gasteiger partial charge in [0.1, 0.15) is 11.9 Å². The summed E-state index contributed by atoms with van der Waals surface area (Å²) in [7, 11) is 3.38. The molecule has 1 amide bonds. The Kier molecular flexibility index (Phi) is 3.52. The van der Waals surface area contributed by atoms with Gasteiger partial charge in [0.15, 0.2) is 5.82 Å².